The van der Waals surface area contributed by atoms with E-state index in [2.05, 4.69) is 11.8 Å². The fourth-order valence-corrected chi connectivity index (χ4v) is 1.62. The number of carbonyl (C=O) groups is 1. The van der Waals surface area contributed by atoms with Crippen LogP contribution in [-0.2, 0) is 16.8 Å². The van der Waals surface area contributed by atoms with Gasteiger partial charge in [-0.05, 0) is 17.5 Å². The molecule has 18 heavy (non-hydrogen) atoms. The molecule has 0 aliphatic rings. The summed E-state index contributed by atoms with van der Waals surface area (Å²) >= 11 is 0. The first-order chi connectivity index (χ1) is 8.25. The number of benzene rings is 1. The number of phenols is 1. The first-order valence-corrected chi connectivity index (χ1v) is 5.57. The Morgan fingerprint density at radius 1 is 1.39 bits per heavy atom. The lowest BCUT2D eigenvalue weighted by atomic mass is 9.84. The molecule has 1 rings (SSSR count). The van der Waals surface area contributed by atoms with Crippen LogP contribution >= 0.6 is 0 Å². The Bertz CT molecular complexity index is 530. The van der Waals surface area contributed by atoms with Crippen LogP contribution in [0.2, 0.25) is 0 Å². The molecule has 1 aromatic rings. The smallest absolute Gasteiger partial charge is 0.382 e. The number of hydrogen-bond donors (Lipinski definition) is 3. The number of rotatable bonds is 1. The molecular formula is C14H17NO3. The molecule has 1 aromatic carbocycles. The highest BCUT2D eigenvalue weighted by Crippen LogP contribution is 2.34. The van der Waals surface area contributed by atoms with Gasteiger partial charge in [0.1, 0.15) is 5.75 Å². The first-order valence-electron chi connectivity index (χ1n) is 5.57. The highest BCUT2D eigenvalue weighted by atomic mass is 16.4. The third kappa shape index (κ3) is 3.25. The van der Waals surface area contributed by atoms with E-state index < -0.39 is 5.97 Å². The van der Waals surface area contributed by atoms with Crippen LogP contribution < -0.4 is 5.73 Å². The predicted molar refractivity (Wildman–Crippen MR) is 69.2 cm³/mol. The minimum atomic E-state index is -1.19. The van der Waals surface area contributed by atoms with Crippen LogP contribution in [0.4, 0.5) is 0 Å². The maximum atomic E-state index is 10.4. The molecule has 0 aromatic heterocycles. The Hall–Kier alpha value is -1.99. The summed E-state index contributed by atoms with van der Waals surface area (Å²) in [7, 11) is 0. The normalized spacial score (nSPS) is 10.7. The lowest BCUT2D eigenvalue weighted by Gasteiger charge is -2.22. The van der Waals surface area contributed by atoms with Crippen LogP contribution in [0.25, 0.3) is 0 Å². The first kappa shape index (κ1) is 14.1. The molecule has 4 heteroatoms. The summed E-state index contributed by atoms with van der Waals surface area (Å²) < 4.78 is 0. The molecule has 0 saturated heterocycles. The van der Waals surface area contributed by atoms with E-state index in [1.807, 2.05) is 20.8 Å². The van der Waals surface area contributed by atoms with E-state index in [1.165, 1.54) is 0 Å². The van der Waals surface area contributed by atoms with Crippen LogP contribution in [0.15, 0.2) is 12.1 Å². The summed E-state index contributed by atoms with van der Waals surface area (Å²) in [6, 6.07) is 3.31. The number of nitrogens with two attached hydrogens (primary N) is 1. The van der Waals surface area contributed by atoms with E-state index in [-0.39, 0.29) is 17.7 Å². The van der Waals surface area contributed by atoms with Crippen molar-refractivity contribution >= 4 is 5.97 Å². The number of carboxylic acids is 1. The second-order valence-corrected chi connectivity index (χ2v) is 5.04. The van der Waals surface area contributed by atoms with Gasteiger partial charge in [0.2, 0.25) is 0 Å². The molecule has 4 nitrogen and oxygen atoms in total. The highest BCUT2D eigenvalue weighted by Gasteiger charge is 2.20. The molecule has 0 unspecified atom stereocenters. The van der Waals surface area contributed by atoms with Gasteiger partial charge < -0.3 is 15.9 Å². The van der Waals surface area contributed by atoms with Gasteiger partial charge in [0, 0.05) is 29.2 Å². The molecular weight excluding hydrogens is 230 g/mol. The van der Waals surface area contributed by atoms with Crippen molar-refractivity contribution in [1.29, 1.82) is 0 Å². The number of aliphatic carboxylic acids is 1. The fourth-order valence-electron chi connectivity index (χ4n) is 1.62. The van der Waals surface area contributed by atoms with E-state index in [1.54, 1.807) is 12.1 Å². The van der Waals surface area contributed by atoms with Crippen LogP contribution in [0.1, 0.15) is 37.5 Å². The average molecular weight is 247 g/mol. The zero-order valence-corrected chi connectivity index (χ0v) is 10.7. The summed E-state index contributed by atoms with van der Waals surface area (Å²) in [5, 5.41) is 18.6. The monoisotopic (exact) mass is 247 g/mol. The molecule has 0 spiro atoms. The topological polar surface area (TPSA) is 83.5 Å². The molecule has 0 radical (unpaired) electrons. The maximum Gasteiger partial charge on any atom is 0.382 e. The molecule has 0 aliphatic carbocycles. The van der Waals surface area contributed by atoms with Gasteiger partial charge in [0.05, 0.1) is 0 Å². The SMILES string of the molecule is CC(C)(C)c1cc(C#CC(=O)O)cc(CN)c1O. The van der Waals surface area contributed by atoms with Gasteiger partial charge >= 0.3 is 5.97 Å². The Morgan fingerprint density at radius 2 is 2.00 bits per heavy atom. The second kappa shape index (κ2) is 5.11. The molecule has 0 atom stereocenters. The lowest BCUT2D eigenvalue weighted by molar-refractivity contribution is -0.130. The summed E-state index contributed by atoms with van der Waals surface area (Å²) in [4.78, 5) is 10.4. The van der Waals surface area contributed by atoms with Gasteiger partial charge in [-0.2, -0.15) is 0 Å². The minimum Gasteiger partial charge on any atom is -0.507 e. The van der Waals surface area contributed by atoms with Gasteiger partial charge in [-0.1, -0.05) is 26.7 Å². The molecule has 0 bridgehead atoms. The summed E-state index contributed by atoms with van der Waals surface area (Å²) in [5.74, 6) is 3.57. The number of hydrogen-bond acceptors (Lipinski definition) is 3. The largest absolute Gasteiger partial charge is 0.507 e. The predicted octanol–water partition coefficient (Wildman–Crippen LogP) is 1.58. The highest BCUT2D eigenvalue weighted by molar-refractivity contribution is 5.87. The van der Waals surface area contributed by atoms with Crippen LogP contribution in [-0.4, -0.2) is 16.2 Å². The second-order valence-electron chi connectivity index (χ2n) is 5.04. The van der Waals surface area contributed by atoms with Crippen LogP contribution in [0.3, 0.4) is 0 Å². The number of carboxylic acid groups (broad SMARTS) is 1. The third-order valence-corrected chi connectivity index (χ3v) is 2.53. The van der Waals surface area contributed by atoms with E-state index in [4.69, 9.17) is 10.8 Å². The fraction of sp³-hybridized carbons (Fsp3) is 0.357. The van der Waals surface area contributed by atoms with Crippen molar-refractivity contribution in [2.45, 2.75) is 32.7 Å². The van der Waals surface area contributed by atoms with Gasteiger partial charge in [-0.25, -0.2) is 4.79 Å². The Balaban J connectivity index is 3.42. The summed E-state index contributed by atoms with van der Waals surface area (Å²) in [5.41, 5.74) is 7.11. The van der Waals surface area contributed by atoms with E-state index in [0.29, 0.717) is 16.7 Å². The molecule has 4 N–H and O–H groups in total. The van der Waals surface area contributed by atoms with E-state index >= 15 is 0 Å². The number of aromatic hydroxyl groups is 1. The van der Waals surface area contributed by atoms with Crippen molar-refractivity contribution in [3.05, 3.63) is 28.8 Å². The van der Waals surface area contributed by atoms with Crippen molar-refractivity contribution in [3.63, 3.8) is 0 Å². The minimum absolute atomic E-state index is 0.158. The van der Waals surface area contributed by atoms with Gasteiger partial charge in [-0.3, -0.25) is 0 Å². The molecule has 0 aliphatic heterocycles. The molecule has 96 valence electrons. The quantitative estimate of drug-likeness (QED) is 0.658. The van der Waals surface area contributed by atoms with Crippen LogP contribution in [0, 0.1) is 11.8 Å². The van der Waals surface area contributed by atoms with Gasteiger partial charge in [0.15, 0.2) is 0 Å². The van der Waals surface area contributed by atoms with Gasteiger partial charge in [0.25, 0.3) is 0 Å². The molecule has 0 heterocycles. The van der Waals surface area contributed by atoms with Crippen molar-refractivity contribution in [1.82, 2.24) is 0 Å². The third-order valence-electron chi connectivity index (χ3n) is 2.53. The summed E-state index contributed by atoms with van der Waals surface area (Å²) in [6.45, 7) is 6.04. The Labute approximate surface area is 106 Å². The van der Waals surface area contributed by atoms with Gasteiger partial charge in [-0.15, -0.1) is 0 Å². The lowest BCUT2D eigenvalue weighted by Crippen LogP contribution is -2.13. The maximum absolute atomic E-state index is 10.4. The van der Waals surface area contributed by atoms with Crippen molar-refractivity contribution in [2.24, 2.45) is 5.73 Å². The number of phenolic OH excluding ortho intramolecular Hbond substituents is 1. The molecule has 0 amide bonds. The van der Waals surface area contributed by atoms with Crippen LogP contribution in [0.5, 0.6) is 5.75 Å². The standard InChI is InChI=1S/C14H17NO3/c1-14(2,3)11-7-9(4-5-12(16)17)6-10(8-15)13(11)18/h6-7,18H,8,15H2,1-3H3,(H,16,17). The Kier molecular flexibility index (Phi) is 4.00. The zero-order valence-electron chi connectivity index (χ0n) is 10.7. The molecule has 0 fully saturated rings. The van der Waals surface area contributed by atoms with Crippen molar-refractivity contribution < 1.29 is 15.0 Å². The van der Waals surface area contributed by atoms with Crippen molar-refractivity contribution in [2.75, 3.05) is 0 Å². The van der Waals surface area contributed by atoms with E-state index in [0.717, 1.165) is 0 Å². The average Bonchev–Trinajstić information content (AvgIpc) is 2.25. The Morgan fingerprint density at radius 3 is 2.44 bits per heavy atom. The zero-order chi connectivity index (χ0) is 13.9. The van der Waals surface area contributed by atoms with E-state index in [9.17, 15) is 9.90 Å². The molecule has 0 saturated carbocycles. The van der Waals surface area contributed by atoms with Crippen molar-refractivity contribution in [3.8, 4) is 17.6 Å². The summed E-state index contributed by atoms with van der Waals surface area (Å²) in [6.07, 6.45) is 0.